The lowest BCUT2D eigenvalue weighted by molar-refractivity contribution is -0.131. The van der Waals surface area contributed by atoms with Crippen molar-refractivity contribution in [2.45, 2.75) is 32.2 Å². The van der Waals surface area contributed by atoms with Gasteiger partial charge < -0.3 is 4.90 Å². The van der Waals surface area contributed by atoms with Crippen LogP contribution in [0.2, 0.25) is 5.02 Å². The third-order valence-corrected chi connectivity index (χ3v) is 3.98. The molecule has 1 atom stereocenters. The fourth-order valence-corrected chi connectivity index (χ4v) is 2.25. The second kappa shape index (κ2) is 5.09. The lowest BCUT2D eigenvalue weighted by Gasteiger charge is -2.25. The summed E-state index contributed by atoms with van der Waals surface area (Å²) in [5.41, 5.74) is 0.911. The Bertz CT molecular complexity index is 414. The van der Waals surface area contributed by atoms with Crippen LogP contribution < -0.4 is 0 Å². The molecule has 0 radical (unpaired) electrons. The van der Waals surface area contributed by atoms with Crippen LogP contribution in [0, 0.1) is 5.92 Å². The van der Waals surface area contributed by atoms with Gasteiger partial charge in [0.15, 0.2) is 0 Å². The Kier molecular flexibility index (Phi) is 3.72. The van der Waals surface area contributed by atoms with E-state index in [1.54, 1.807) is 0 Å². The molecule has 1 fully saturated rings. The minimum absolute atomic E-state index is 0.150. The van der Waals surface area contributed by atoms with Crippen molar-refractivity contribution in [2.75, 3.05) is 7.05 Å². The molecule has 1 unspecified atom stereocenters. The minimum atomic E-state index is 0.150. The second-order valence-electron chi connectivity index (χ2n) is 4.85. The first-order valence-electron chi connectivity index (χ1n) is 6.08. The maximum absolute atomic E-state index is 12.1. The van der Waals surface area contributed by atoms with Gasteiger partial charge in [0.05, 0.1) is 6.42 Å². The van der Waals surface area contributed by atoms with Gasteiger partial charge in [-0.2, -0.15) is 0 Å². The molecule has 3 heteroatoms. The van der Waals surface area contributed by atoms with Gasteiger partial charge in [0.2, 0.25) is 5.91 Å². The average molecular weight is 252 g/mol. The molecule has 1 saturated carbocycles. The van der Waals surface area contributed by atoms with Crippen molar-refractivity contribution < 1.29 is 4.79 Å². The van der Waals surface area contributed by atoms with E-state index >= 15 is 0 Å². The molecule has 1 aromatic rings. The van der Waals surface area contributed by atoms with Crippen molar-refractivity contribution in [3.63, 3.8) is 0 Å². The van der Waals surface area contributed by atoms with Crippen LogP contribution in [0.15, 0.2) is 24.3 Å². The van der Waals surface area contributed by atoms with Gasteiger partial charge in [-0.15, -0.1) is 0 Å². The van der Waals surface area contributed by atoms with Gasteiger partial charge in [-0.25, -0.2) is 0 Å². The molecule has 2 rings (SSSR count). The number of carbonyl (C=O) groups excluding carboxylic acids is 1. The summed E-state index contributed by atoms with van der Waals surface area (Å²) in [5, 5.41) is 0.674. The van der Waals surface area contributed by atoms with Crippen LogP contribution in [0.25, 0.3) is 0 Å². The van der Waals surface area contributed by atoms with E-state index < -0.39 is 0 Å². The van der Waals surface area contributed by atoms with Crippen molar-refractivity contribution in [3.8, 4) is 0 Å². The average Bonchev–Trinajstić information content (AvgIpc) is 3.14. The zero-order valence-corrected chi connectivity index (χ0v) is 11.1. The summed E-state index contributed by atoms with van der Waals surface area (Å²) in [4.78, 5) is 14.0. The predicted octanol–water partition coefficient (Wildman–Crippen LogP) is 3.14. The van der Waals surface area contributed by atoms with Gasteiger partial charge in [-0.05, 0) is 37.3 Å². The fourth-order valence-electron chi connectivity index (χ4n) is 2.05. The molecular weight excluding hydrogens is 234 g/mol. The van der Waals surface area contributed by atoms with Gasteiger partial charge in [-0.1, -0.05) is 29.8 Å². The zero-order valence-electron chi connectivity index (χ0n) is 10.3. The molecule has 0 aromatic heterocycles. The van der Waals surface area contributed by atoms with Gasteiger partial charge in [-0.3, -0.25) is 4.79 Å². The zero-order chi connectivity index (χ0) is 12.4. The standard InChI is InChI=1S/C14H18ClNO/c1-10(11-7-8-11)16(2)14(17)9-12-5-3-4-6-13(12)15/h3-6,10-11H,7-9H2,1-2H3. The molecule has 1 aliphatic carbocycles. The Balaban J connectivity index is 1.98. The van der Waals surface area contributed by atoms with Gasteiger partial charge in [0, 0.05) is 18.1 Å². The van der Waals surface area contributed by atoms with E-state index in [9.17, 15) is 4.79 Å². The summed E-state index contributed by atoms with van der Waals surface area (Å²) in [6.45, 7) is 2.13. The summed E-state index contributed by atoms with van der Waals surface area (Å²) in [6, 6.07) is 7.89. The summed E-state index contributed by atoms with van der Waals surface area (Å²) in [7, 11) is 1.89. The smallest absolute Gasteiger partial charge is 0.227 e. The predicted molar refractivity (Wildman–Crippen MR) is 70.1 cm³/mol. The van der Waals surface area contributed by atoms with Gasteiger partial charge >= 0.3 is 0 Å². The molecule has 1 aliphatic rings. The molecule has 17 heavy (non-hydrogen) atoms. The Morgan fingerprint density at radius 3 is 2.71 bits per heavy atom. The summed E-state index contributed by atoms with van der Waals surface area (Å²) in [6.07, 6.45) is 2.91. The lowest BCUT2D eigenvalue weighted by Crippen LogP contribution is -2.37. The van der Waals surface area contributed by atoms with Crippen LogP contribution in [0.1, 0.15) is 25.3 Å². The first-order chi connectivity index (χ1) is 8.09. The molecular formula is C14H18ClNO. The second-order valence-corrected chi connectivity index (χ2v) is 5.26. The van der Waals surface area contributed by atoms with Crippen LogP contribution in [-0.2, 0) is 11.2 Å². The monoisotopic (exact) mass is 251 g/mol. The maximum Gasteiger partial charge on any atom is 0.227 e. The first-order valence-corrected chi connectivity index (χ1v) is 6.46. The molecule has 0 spiro atoms. The summed E-state index contributed by atoms with van der Waals surface area (Å²) in [5.74, 6) is 0.854. The largest absolute Gasteiger partial charge is 0.342 e. The highest BCUT2D eigenvalue weighted by molar-refractivity contribution is 6.31. The number of benzene rings is 1. The molecule has 1 amide bonds. The van der Waals surface area contributed by atoms with Crippen molar-refractivity contribution in [2.24, 2.45) is 5.92 Å². The first kappa shape index (κ1) is 12.4. The van der Waals surface area contributed by atoms with Crippen LogP contribution in [-0.4, -0.2) is 23.9 Å². The number of amides is 1. The number of carbonyl (C=O) groups is 1. The molecule has 0 heterocycles. The number of halogens is 1. The van der Waals surface area contributed by atoms with E-state index in [-0.39, 0.29) is 5.91 Å². The van der Waals surface area contributed by atoms with E-state index in [0.717, 1.165) is 5.56 Å². The molecule has 0 N–H and O–H groups in total. The van der Waals surface area contributed by atoms with E-state index in [4.69, 9.17) is 11.6 Å². The van der Waals surface area contributed by atoms with Crippen molar-refractivity contribution >= 4 is 17.5 Å². The van der Waals surface area contributed by atoms with Gasteiger partial charge in [0.25, 0.3) is 0 Å². The maximum atomic E-state index is 12.1. The van der Waals surface area contributed by atoms with E-state index in [0.29, 0.717) is 23.4 Å². The highest BCUT2D eigenvalue weighted by Crippen LogP contribution is 2.34. The Hall–Kier alpha value is -1.02. The van der Waals surface area contributed by atoms with E-state index in [2.05, 4.69) is 6.92 Å². The molecule has 0 aliphatic heterocycles. The van der Waals surface area contributed by atoms with Gasteiger partial charge in [0.1, 0.15) is 0 Å². The Labute approximate surface area is 108 Å². The van der Waals surface area contributed by atoms with Crippen LogP contribution in [0.5, 0.6) is 0 Å². The number of hydrogen-bond donors (Lipinski definition) is 0. The third-order valence-electron chi connectivity index (χ3n) is 3.61. The van der Waals surface area contributed by atoms with Crippen LogP contribution >= 0.6 is 11.6 Å². The highest BCUT2D eigenvalue weighted by atomic mass is 35.5. The number of likely N-dealkylation sites (N-methyl/N-ethyl adjacent to an activating group) is 1. The topological polar surface area (TPSA) is 20.3 Å². The third kappa shape index (κ3) is 3.01. The molecule has 92 valence electrons. The van der Waals surface area contributed by atoms with E-state index in [1.165, 1.54) is 12.8 Å². The minimum Gasteiger partial charge on any atom is -0.342 e. The number of nitrogens with zero attached hydrogens (tertiary/aromatic N) is 1. The molecule has 2 nitrogen and oxygen atoms in total. The normalized spacial score (nSPS) is 16.6. The van der Waals surface area contributed by atoms with Crippen LogP contribution in [0.3, 0.4) is 0 Å². The van der Waals surface area contributed by atoms with Crippen molar-refractivity contribution in [1.29, 1.82) is 0 Å². The Morgan fingerprint density at radius 2 is 2.12 bits per heavy atom. The van der Waals surface area contributed by atoms with Crippen molar-refractivity contribution in [1.82, 2.24) is 4.90 Å². The molecule has 1 aromatic carbocycles. The lowest BCUT2D eigenvalue weighted by atomic mass is 10.1. The molecule has 0 bridgehead atoms. The van der Waals surface area contributed by atoms with Crippen LogP contribution in [0.4, 0.5) is 0 Å². The number of rotatable bonds is 4. The summed E-state index contributed by atoms with van der Waals surface area (Å²) < 4.78 is 0. The summed E-state index contributed by atoms with van der Waals surface area (Å²) >= 11 is 6.06. The Morgan fingerprint density at radius 1 is 1.47 bits per heavy atom. The quantitative estimate of drug-likeness (QED) is 0.805. The highest BCUT2D eigenvalue weighted by Gasteiger charge is 2.32. The van der Waals surface area contributed by atoms with E-state index in [1.807, 2.05) is 36.2 Å². The fraction of sp³-hybridized carbons (Fsp3) is 0.500. The van der Waals surface area contributed by atoms with Crippen molar-refractivity contribution in [3.05, 3.63) is 34.9 Å². The number of hydrogen-bond acceptors (Lipinski definition) is 1. The molecule has 0 saturated heterocycles. The SMILES string of the molecule is CC(C1CC1)N(C)C(=O)Cc1ccccc1Cl.